The molecule has 3 aromatic rings. The number of H-pyrrole nitrogens is 1. The topological polar surface area (TPSA) is 45.8 Å². The van der Waals surface area contributed by atoms with Crippen molar-refractivity contribution in [1.29, 1.82) is 0 Å². The van der Waals surface area contributed by atoms with Gasteiger partial charge >= 0.3 is 6.18 Å². The van der Waals surface area contributed by atoms with E-state index in [0.29, 0.717) is 21.6 Å². The van der Waals surface area contributed by atoms with Crippen molar-refractivity contribution in [2.75, 3.05) is 0 Å². The van der Waals surface area contributed by atoms with Crippen LogP contribution >= 0.6 is 11.8 Å². The van der Waals surface area contributed by atoms with E-state index in [9.17, 15) is 18.0 Å². The highest BCUT2D eigenvalue weighted by Gasteiger charge is 2.30. The molecule has 7 heteroatoms. The van der Waals surface area contributed by atoms with Crippen LogP contribution in [0.3, 0.4) is 0 Å². The van der Waals surface area contributed by atoms with Gasteiger partial charge in [-0.3, -0.25) is 4.79 Å². The Balaban J connectivity index is 1.90. The van der Waals surface area contributed by atoms with E-state index in [1.165, 1.54) is 17.8 Å². The summed E-state index contributed by atoms with van der Waals surface area (Å²) in [5.74, 6) is 0.432. The Morgan fingerprint density at radius 3 is 2.62 bits per heavy atom. The number of alkyl halides is 3. The normalized spacial score (nSPS) is 13.2. The lowest BCUT2D eigenvalue weighted by Gasteiger charge is -2.13. The Morgan fingerprint density at radius 1 is 1.12 bits per heavy atom. The van der Waals surface area contributed by atoms with Crippen molar-refractivity contribution < 1.29 is 13.2 Å². The summed E-state index contributed by atoms with van der Waals surface area (Å²) in [4.78, 5) is 19.7. The molecule has 1 aromatic heterocycles. The van der Waals surface area contributed by atoms with Gasteiger partial charge in [-0.25, -0.2) is 4.98 Å². The Bertz CT molecular complexity index is 937. The summed E-state index contributed by atoms with van der Waals surface area (Å²) < 4.78 is 38.4. The zero-order valence-corrected chi connectivity index (χ0v) is 13.4. The summed E-state index contributed by atoms with van der Waals surface area (Å²) in [6, 6.07) is 12.0. The Kier molecular flexibility index (Phi) is 4.36. The van der Waals surface area contributed by atoms with E-state index in [2.05, 4.69) is 9.97 Å². The minimum Gasteiger partial charge on any atom is -0.309 e. The first-order valence-corrected chi connectivity index (χ1v) is 8.05. The van der Waals surface area contributed by atoms with Crippen molar-refractivity contribution in [1.82, 2.24) is 9.97 Å². The molecule has 1 atom stereocenters. The lowest BCUT2D eigenvalue weighted by molar-refractivity contribution is -0.137. The van der Waals surface area contributed by atoms with Crippen LogP contribution in [0.5, 0.6) is 0 Å². The van der Waals surface area contributed by atoms with Crippen LogP contribution in [0.15, 0.2) is 58.2 Å². The van der Waals surface area contributed by atoms with Gasteiger partial charge in [0.15, 0.2) is 0 Å². The van der Waals surface area contributed by atoms with Gasteiger partial charge in [0.05, 0.1) is 21.7 Å². The van der Waals surface area contributed by atoms with Crippen LogP contribution in [-0.2, 0) is 6.18 Å². The first-order chi connectivity index (χ1) is 11.3. The predicted octanol–water partition coefficient (Wildman–Crippen LogP) is 4.80. The van der Waals surface area contributed by atoms with Crippen molar-refractivity contribution in [3.8, 4) is 0 Å². The summed E-state index contributed by atoms with van der Waals surface area (Å²) >= 11 is 1.21. The average molecular weight is 350 g/mol. The highest BCUT2D eigenvalue weighted by Crippen LogP contribution is 2.36. The molecule has 0 aliphatic rings. The molecule has 1 N–H and O–H groups in total. The molecule has 0 aliphatic carbocycles. The third-order valence-electron chi connectivity index (χ3n) is 3.49. The number of nitrogens with zero attached hydrogens (tertiary/aromatic N) is 1. The van der Waals surface area contributed by atoms with Gasteiger partial charge < -0.3 is 4.98 Å². The van der Waals surface area contributed by atoms with Crippen LogP contribution in [0.4, 0.5) is 13.2 Å². The maximum Gasteiger partial charge on any atom is 0.416 e. The van der Waals surface area contributed by atoms with Gasteiger partial charge in [0.1, 0.15) is 5.82 Å². The molecule has 3 rings (SSSR count). The average Bonchev–Trinajstić information content (AvgIpc) is 2.54. The highest BCUT2D eigenvalue weighted by molar-refractivity contribution is 7.99. The van der Waals surface area contributed by atoms with Gasteiger partial charge in [-0.15, -0.1) is 11.8 Å². The molecular formula is C17H13F3N2OS. The van der Waals surface area contributed by atoms with Crippen LogP contribution in [0, 0.1) is 0 Å². The Morgan fingerprint density at radius 2 is 1.88 bits per heavy atom. The summed E-state index contributed by atoms with van der Waals surface area (Å²) in [7, 11) is 0. The standard InChI is InChI=1S/C17H13F3N2OS/c1-10(24-12-6-4-5-11(9-12)17(18,19)20)15-21-14-8-3-2-7-13(14)16(23)22-15/h2-10H,1H3,(H,21,22,23)/t10-/m0/s1. The maximum atomic E-state index is 12.8. The van der Waals surface area contributed by atoms with Gasteiger partial charge in [-0.2, -0.15) is 13.2 Å². The van der Waals surface area contributed by atoms with Crippen LogP contribution in [0.25, 0.3) is 10.9 Å². The number of thioether (sulfide) groups is 1. The van der Waals surface area contributed by atoms with Crippen molar-refractivity contribution >= 4 is 22.7 Å². The van der Waals surface area contributed by atoms with Crippen molar-refractivity contribution in [2.45, 2.75) is 23.2 Å². The lowest BCUT2D eigenvalue weighted by Crippen LogP contribution is -2.12. The number of benzene rings is 2. The van der Waals surface area contributed by atoms with Gasteiger partial charge in [0.25, 0.3) is 5.56 Å². The van der Waals surface area contributed by atoms with Crippen molar-refractivity contribution in [3.63, 3.8) is 0 Å². The first kappa shape index (κ1) is 16.6. The van der Waals surface area contributed by atoms with Gasteiger partial charge in [-0.05, 0) is 37.3 Å². The second kappa shape index (κ2) is 6.32. The summed E-state index contributed by atoms with van der Waals surface area (Å²) in [6.07, 6.45) is -4.38. The zero-order valence-electron chi connectivity index (χ0n) is 12.6. The summed E-state index contributed by atoms with van der Waals surface area (Å²) in [5.41, 5.74) is -0.389. The molecule has 0 radical (unpaired) electrons. The van der Waals surface area contributed by atoms with E-state index in [-0.39, 0.29) is 10.8 Å². The lowest BCUT2D eigenvalue weighted by atomic mass is 10.2. The van der Waals surface area contributed by atoms with E-state index < -0.39 is 11.7 Å². The number of para-hydroxylation sites is 1. The first-order valence-electron chi connectivity index (χ1n) is 7.17. The van der Waals surface area contributed by atoms with Crippen LogP contribution < -0.4 is 5.56 Å². The monoisotopic (exact) mass is 350 g/mol. The molecule has 124 valence electrons. The van der Waals surface area contributed by atoms with Crippen LogP contribution in [-0.4, -0.2) is 9.97 Å². The number of fused-ring (bicyclic) bond motifs is 1. The summed E-state index contributed by atoms with van der Waals surface area (Å²) in [6.45, 7) is 1.79. The zero-order chi connectivity index (χ0) is 17.3. The van der Waals surface area contributed by atoms with E-state index in [1.54, 1.807) is 37.3 Å². The molecule has 0 aliphatic heterocycles. The molecule has 0 amide bonds. The quantitative estimate of drug-likeness (QED) is 0.691. The smallest absolute Gasteiger partial charge is 0.309 e. The largest absolute Gasteiger partial charge is 0.416 e. The predicted molar refractivity (Wildman–Crippen MR) is 88.1 cm³/mol. The number of aromatic nitrogens is 2. The van der Waals surface area contributed by atoms with Gasteiger partial charge in [-0.1, -0.05) is 18.2 Å². The molecule has 0 saturated carbocycles. The second-order valence-electron chi connectivity index (χ2n) is 5.25. The fourth-order valence-corrected chi connectivity index (χ4v) is 3.29. The molecule has 0 saturated heterocycles. The molecule has 2 aromatic carbocycles. The van der Waals surface area contributed by atoms with E-state index >= 15 is 0 Å². The third kappa shape index (κ3) is 3.46. The van der Waals surface area contributed by atoms with E-state index in [0.717, 1.165) is 12.1 Å². The number of nitrogens with one attached hydrogen (secondary N) is 1. The van der Waals surface area contributed by atoms with Crippen molar-refractivity contribution in [3.05, 3.63) is 70.3 Å². The van der Waals surface area contributed by atoms with Gasteiger partial charge in [0.2, 0.25) is 0 Å². The number of hydrogen-bond donors (Lipinski definition) is 1. The molecular weight excluding hydrogens is 337 g/mol. The molecule has 0 unspecified atom stereocenters. The highest BCUT2D eigenvalue weighted by atomic mass is 32.2. The molecule has 0 bridgehead atoms. The van der Waals surface area contributed by atoms with Crippen molar-refractivity contribution in [2.24, 2.45) is 0 Å². The molecule has 0 fully saturated rings. The SMILES string of the molecule is C[C@H](Sc1cccc(C(F)(F)F)c1)c1nc2ccccc2c(=O)[nH]1. The van der Waals surface area contributed by atoms with E-state index in [1.807, 2.05) is 0 Å². The fraction of sp³-hybridized carbons (Fsp3) is 0.176. The third-order valence-corrected chi connectivity index (χ3v) is 4.59. The number of aromatic amines is 1. The number of rotatable bonds is 3. The second-order valence-corrected chi connectivity index (χ2v) is 6.67. The number of halogens is 3. The maximum absolute atomic E-state index is 12.8. The fourth-order valence-electron chi connectivity index (χ4n) is 2.30. The minimum absolute atomic E-state index is 0.257. The van der Waals surface area contributed by atoms with Crippen LogP contribution in [0.2, 0.25) is 0 Å². The minimum atomic E-state index is -4.38. The molecule has 0 spiro atoms. The number of hydrogen-bond acceptors (Lipinski definition) is 3. The summed E-state index contributed by atoms with van der Waals surface area (Å²) in [5, 5.41) is 0.184. The van der Waals surface area contributed by atoms with E-state index in [4.69, 9.17) is 0 Å². The Hall–Kier alpha value is -2.28. The Labute approximate surface area is 139 Å². The van der Waals surface area contributed by atoms with Gasteiger partial charge in [0, 0.05) is 4.90 Å². The molecule has 3 nitrogen and oxygen atoms in total. The molecule has 24 heavy (non-hydrogen) atoms. The molecule has 1 heterocycles. The van der Waals surface area contributed by atoms with Crippen LogP contribution in [0.1, 0.15) is 23.6 Å².